The van der Waals surface area contributed by atoms with Crippen LogP contribution in [0.15, 0.2) is 35.5 Å². The van der Waals surface area contributed by atoms with Crippen molar-refractivity contribution in [2.24, 2.45) is 23.2 Å². The van der Waals surface area contributed by atoms with Gasteiger partial charge in [-0.05, 0) is 93.1 Å². The van der Waals surface area contributed by atoms with E-state index in [4.69, 9.17) is 0 Å². The van der Waals surface area contributed by atoms with Gasteiger partial charge in [0.1, 0.15) is 11.7 Å². The summed E-state index contributed by atoms with van der Waals surface area (Å²) in [7, 11) is 0. The van der Waals surface area contributed by atoms with E-state index in [2.05, 4.69) is 32.6 Å². The summed E-state index contributed by atoms with van der Waals surface area (Å²) in [6, 6.07) is 0. The van der Waals surface area contributed by atoms with Crippen LogP contribution in [0.3, 0.4) is 0 Å². The quantitative estimate of drug-likeness (QED) is 0.497. The zero-order valence-corrected chi connectivity index (χ0v) is 20.2. The van der Waals surface area contributed by atoms with Gasteiger partial charge in [-0.1, -0.05) is 38.2 Å². The fourth-order valence-electron chi connectivity index (χ4n) is 6.71. The summed E-state index contributed by atoms with van der Waals surface area (Å²) >= 11 is 0. The molecule has 180 valence electrons. The lowest BCUT2D eigenvalue weighted by atomic mass is 9.60. The molecule has 3 aliphatic carbocycles. The molecule has 0 aromatic rings. The summed E-state index contributed by atoms with van der Waals surface area (Å²) in [5.41, 5.74) is 1.69. The predicted molar refractivity (Wildman–Crippen MR) is 126 cm³/mol. The summed E-state index contributed by atoms with van der Waals surface area (Å²) in [5.74, 6) is 0.570. The van der Waals surface area contributed by atoms with Gasteiger partial charge >= 0.3 is 0 Å². The molecule has 5 nitrogen and oxygen atoms in total. The third kappa shape index (κ3) is 5.11. The number of hydrogen-bond donors (Lipinski definition) is 4. The molecule has 0 aromatic heterocycles. The molecule has 0 spiro atoms. The number of hydrogen-bond acceptors (Lipinski definition) is 5. The first-order valence-electron chi connectivity index (χ1n) is 12.2. The van der Waals surface area contributed by atoms with E-state index in [0.29, 0.717) is 36.7 Å². The van der Waals surface area contributed by atoms with E-state index in [1.54, 1.807) is 0 Å². The third-order valence-corrected chi connectivity index (χ3v) is 8.49. The fourth-order valence-corrected chi connectivity index (χ4v) is 6.71. The molecule has 4 N–H and O–H groups in total. The van der Waals surface area contributed by atoms with E-state index in [1.165, 1.54) is 19.4 Å². The number of aliphatic hydroxyl groups excluding tert-OH is 3. The Hall–Kier alpha value is -1.27. The lowest BCUT2D eigenvalue weighted by Crippen LogP contribution is -2.42. The molecule has 32 heavy (non-hydrogen) atoms. The molecule has 0 bridgehead atoms. The SMILES string of the molecule is C=C1/C(=C\C=C2/CCC[C@]3(C)[C@@H]([C@H](C)C[C@H](O)C(=O)C(C)(C)O)CC[C@@H]23)C[C@@H](O)C[C@@H]1O. The Morgan fingerprint density at radius 1 is 1.28 bits per heavy atom. The minimum absolute atomic E-state index is 0.127. The molecule has 0 radical (unpaired) electrons. The van der Waals surface area contributed by atoms with E-state index >= 15 is 0 Å². The van der Waals surface area contributed by atoms with E-state index in [1.807, 2.05) is 0 Å². The molecule has 3 saturated carbocycles. The van der Waals surface area contributed by atoms with Crippen LogP contribution in [0.25, 0.3) is 0 Å². The van der Waals surface area contributed by atoms with E-state index < -0.39 is 29.7 Å². The smallest absolute Gasteiger partial charge is 0.192 e. The lowest BCUT2D eigenvalue weighted by molar-refractivity contribution is -0.144. The number of fused-ring (bicyclic) bond motifs is 1. The fraction of sp³-hybridized carbons (Fsp3) is 0.741. The molecule has 7 atom stereocenters. The maximum absolute atomic E-state index is 12.3. The maximum Gasteiger partial charge on any atom is 0.192 e. The highest BCUT2D eigenvalue weighted by Crippen LogP contribution is 2.59. The number of carbonyl (C=O) groups is 1. The first-order chi connectivity index (χ1) is 14.8. The van der Waals surface area contributed by atoms with Crippen LogP contribution < -0.4 is 0 Å². The topological polar surface area (TPSA) is 98.0 Å². The summed E-state index contributed by atoms with van der Waals surface area (Å²) in [5, 5.41) is 40.6. The number of aliphatic hydroxyl groups is 4. The molecule has 3 fully saturated rings. The van der Waals surface area contributed by atoms with Crippen molar-refractivity contribution in [1.82, 2.24) is 0 Å². The second-order valence-electron chi connectivity index (χ2n) is 11.3. The van der Waals surface area contributed by atoms with Gasteiger partial charge in [0.25, 0.3) is 0 Å². The first-order valence-corrected chi connectivity index (χ1v) is 12.2. The molecule has 0 amide bonds. The van der Waals surface area contributed by atoms with Crippen molar-refractivity contribution in [3.8, 4) is 0 Å². The number of Topliss-reactive ketones (excluding diaryl/α,β-unsaturated/α-hetero) is 1. The minimum Gasteiger partial charge on any atom is -0.393 e. The van der Waals surface area contributed by atoms with Gasteiger partial charge in [-0.15, -0.1) is 0 Å². The Morgan fingerprint density at radius 2 is 1.97 bits per heavy atom. The van der Waals surface area contributed by atoms with Gasteiger partial charge in [-0.25, -0.2) is 0 Å². The highest BCUT2D eigenvalue weighted by molar-refractivity contribution is 5.89. The Morgan fingerprint density at radius 3 is 2.62 bits per heavy atom. The number of carbonyl (C=O) groups excluding carboxylic acids is 1. The van der Waals surface area contributed by atoms with Crippen molar-refractivity contribution in [2.45, 2.75) is 103 Å². The number of allylic oxidation sites excluding steroid dienone is 3. The van der Waals surface area contributed by atoms with Crippen molar-refractivity contribution in [3.05, 3.63) is 35.5 Å². The number of rotatable bonds is 6. The van der Waals surface area contributed by atoms with Gasteiger partial charge in [-0.3, -0.25) is 4.79 Å². The average molecular weight is 447 g/mol. The zero-order valence-electron chi connectivity index (χ0n) is 20.2. The van der Waals surface area contributed by atoms with Gasteiger partial charge < -0.3 is 20.4 Å². The molecular weight excluding hydrogens is 404 g/mol. The molecule has 0 aliphatic heterocycles. The maximum atomic E-state index is 12.3. The largest absolute Gasteiger partial charge is 0.393 e. The monoisotopic (exact) mass is 446 g/mol. The van der Waals surface area contributed by atoms with Gasteiger partial charge in [0.15, 0.2) is 5.78 Å². The third-order valence-electron chi connectivity index (χ3n) is 8.49. The second-order valence-corrected chi connectivity index (χ2v) is 11.3. The van der Waals surface area contributed by atoms with Crippen molar-refractivity contribution >= 4 is 5.78 Å². The first kappa shape index (κ1) is 25.4. The summed E-state index contributed by atoms with van der Waals surface area (Å²) in [6.45, 7) is 11.4. The van der Waals surface area contributed by atoms with E-state index in [9.17, 15) is 25.2 Å². The predicted octanol–water partition coefficient (Wildman–Crippen LogP) is 3.85. The van der Waals surface area contributed by atoms with Gasteiger partial charge in [0, 0.05) is 6.42 Å². The molecule has 3 rings (SSSR count). The van der Waals surface area contributed by atoms with Crippen LogP contribution in [-0.4, -0.2) is 50.1 Å². The molecule has 5 heteroatoms. The van der Waals surface area contributed by atoms with Gasteiger partial charge in [0.05, 0.1) is 12.2 Å². The minimum atomic E-state index is -1.51. The Balaban J connectivity index is 1.75. The standard InChI is InChI=1S/C27H42O5/c1-16(13-24(30)25(31)26(3,4)32)21-10-11-22-18(7-6-12-27(21,22)5)8-9-19-14-20(28)15-23(29)17(19)2/h8-9,16,20-24,28-30,32H,2,6-7,10-15H2,1,3-5H3/b18-8+,19-9-/t16-,20-,21-,22+,23+,24+,27-/m1/s1. The van der Waals surface area contributed by atoms with Gasteiger partial charge in [-0.2, -0.15) is 0 Å². The van der Waals surface area contributed by atoms with Crippen LogP contribution in [0.5, 0.6) is 0 Å². The highest BCUT2D eigenvalue weighted by atomic mass is 16.3. The average Bonchev–Trinajstić information content (AvgIpc) is 3.05. The second kappa shape index (κ2) is 9.54. The Labute approximate surface area is 192 Å². The van der Waals surface area contributed by atoms with Crippen LogP contribution in [0.2, 0.25) is 0 Å². The molecular formula is C27H42O5. The van der Waals surface area contributed by atoms with Crippen LogP contribution >= 0.6 is 0 Å². The van der Waals surface area contributed by atoms with E-state index in [0.717, 1.165) is 37.7 Å². The number of ketones is 1. The van der Waals surface area contributed by atoms with Gasteiger partial charge in [0.2, 0.25) is 0 Å². The van der Waals surface area contributed by atoms with Crippen molar-refractivity contribution in [1.29, 1.82) is 0 Å². The molecule has 0 aromatic carbocycles. The highest BCUT2D eigenvalue weighted by Gasteiger charge is 2.51. The van der Waals surface area contributed by atoms with E-state index in [-0.39, 0.29) is 11.3 Å². The Bertz CT molecular complexity index is 788. The Kier molecular flexibility index (Phi) is 7.56. The van der Waals surface area contributed by atoms with Crippen molar-refractivity contribution in [3.63, 3.8) is 0 Å². The van der Waals surface area contributed by atoms with Crippen molar-refractivity contribution < 1.29 is 25.2 Å². The van der Waals surface area contributed by atoms with Crippen LogP contribution in [0, 0.1) is 23.2 Å². The molecule has 3 aliphatic rings. The summed E-state index contributed by atoms with van der Waals surface area (Å²) in [4.78, 5) is 12.3. The summed E-state index contributed by atoms with van der Waals surface area (Å²) in [6.07, 6.45) is 8.69. The molecule has 0 unspecified atom stereocenters. The van der Waals surface area contributed by atoms with Crippen molar-refractivity contribution in [2.75, 3.05) is 0 Å². The summed E-state index contributed by atoms with van der Waals surface area (Å²) < 4.78 is 0. The molecule has 0 saturated heterocycles. The van der Waals surface area contributed by atoms with Crippen LogP contribution in [0.1, 0.15) is 79.1 Å². The van der Waals surface area contributed by atoms with Crippen LogP contribution in [0.4, 0.5) is 0 Å². The van der Waals surface area contributed by atoms with Crippen LogP contribution in [-0.2, 0) is 4.79 Å². The molecule has 0 heterocycles. The normalized spacial score (nSPS) is 38.1. The zero-order chi connectivity index (χ0) is 23.8. The lowest BCUT2D eigenvalue weighted by Gasteiger charge is -2.44.